The molecule has 0 amide bonds. The van der Waals surface area contributed by atoms with Gasteiger partial charge in [-0.1, -0.05) is 6.08 Å². The van der Waals surface area contributed by atoms with Crippen LogP contribution in [-0.2, 0) is 0 Å². The highest BCUT2D eigenvalue weighted by atomic mass is 19.1. The van der Waals surface area contributed by atoms with Crippen molar-refractivity contribution in [3.63, 3.8) is 0 Å². The highest BCUT2D eigenvalue weighted by Gasteiger charge is 2.09. The van der Waals surface area contributed by atoms with E-state index in [4.69, 9.17) is 0 Å². The summed E-state index contributed by atoms with van der Waals surface area (Å²) >= 11 is 0. The summed E-state index contributed by atoms with van der Waals surface area (Å²) in [6, 6.07) is 2.66. The summed E-state index contributed by atoms with van der Waals surface area (Å²) in [7, 11) is 0. The van der Waals surface area contributed by atoms with Crippen LogP contribution in [0, 0.1) is 5.82 Å². The average Bonchev–Trinajstić information content (AvgIpc) is 2.05. The molecule has 0 aliphatic rings. The standard InChI is InChI=1S/C9H8FNO/c1-2-4-8(12)9-7(10)5-3-6-11-9/h2-3,5-6H,1,4H2. The molecule has 0 saturated carbocycles. The first kappa shape index (κ1) is 8.59. The van der Waals surface area contributed by atoms with Crippen molar-refractivity contribution in [2.24, 2.45) is 0 Å². The molecule has 62 valence electrons. The Morgan fingerprint density at radius 2 is 2.50 bits per heavy atom. The second kappa shape index (κ2) is 3.76. The molecule has 2 nitrogen and oxygen atoms in total. The van der Waals surface area contributed by atoms with E-state index < -0.39 is 5.82 Å². The Hall–Kier alpha value is -1.51. The van der Waals surface area contributed by atoms with Crippen LogP contribution >= 0.6 is 0 Å². The molecule has 1 aromatic heterocycles. The van der Waals surface area contributed by atoms with Gasteiger partial charge in [0, 0.05) is 12.6 Å². The zero-order valence-corrected chi connectivity index (χ0v) is 6.46. The van der Waals surface area contributed by atoms with Gasteiger partial charge >= 0.3 is 0 Å². The van der Waals surface area contributed by atoms with E-state index in [0.717, 1.165) is 0 Å². The molecule has 0 radical (unpaired) electrons. The van der Waals surface area contributed by atoms with Gasteiger partial charge in [-0.15, -0.1) is 6.58 Å². The van der Waals surface area contributed by atoms with Gasteiger partial charge in [0.2, 0.25) is 0 Å². The Bertz CT molecular complexity index is 309. The lowest BCUT2D eigenvalue weighted by Gasteiger charge is -1.96. The van der Waals surface area contributed by atoms with E-state index in [2.05, 4.69) is 11.6 Å². The maximum absolute atomic E-state index is 12.8. The lowest BCUT2D eigenvalue weighted by Crippen LogP contribution is -2.03. The van der Waals surface area contributed by atoms with Crippen molar-refractivity contribution in [1.29, 1.82) is 0 Å². The number of ketones is 1. The zero-order valence-electron chi connectivity index (χ0n) is 6.46. The number of carbonyl (C=O) groups excluding carboxylic acids is 1. The smallest absolute Gasteiger partial charge is 0.187 e. The van der Waals surface area contributed by atoms with Gasteiger partial charge in [-0.05, 0) is 12.1 Å². The summed E-state index contributed by atoms with van der Waals surface area (Å²) in [5.74, 6) is -0.924. The van der Waals surface area contributed by atoms with Crippen molar-refractivity contribution < 1.29 is 9.18 Å². The van der Waals surface area contributed by atoms with Crippen LogP contribution in [0.1, 0.15) is 16.9 Å². The van der Waals surface area contributed by atoms with E-state index in [-0.39, 0.29) is 17.9 Å². The average molecular weight is 165 g/mol. The van der Waals surface area contributed by atoms with Crippen molar-refractivity contribution in [2.45, 2.75) is 6.42 Å². The molecule has 0 spiro atoms. The summed E-state index contributed by atoms with van der Waals surface area (Å²) in [5.41, 5.74) is -0.114. The molecular formula is C9H8FNO. The largest absolute Gasteiger partial charge is 0.292 e. The number of nitrogens with zero attached hydrogens (tertiary/aromatic N) is 1. The Kier molecular flexibility index (Phi) is 2.69. The third-order valence-corrected chi connectivity index (χ3v) is 1.35. The van der Waals surface area contributed by atoms with Crippen LogP contribution in [0.3, 0.4) is 0 Å². The molecule has 0 bridgehead atoms. The van der Waals surface area contributed by atoms with Crippen molar-refractivity contribution in [3.05, 3.63) is 42.5 Å². The molecule has 1 aromatic rings. The molecule has 0 saturated heterocycles. The number of hydrogen-bond donors (Lipinski definition) is 0. The Balaban J connectivity index is 2.94. The first-order valence-electron chi connectivity index (χ1n) is 3.50. The molecular weight excluding hydrogens is 157 g/mol. The van der Waals surface area contributed by atoms with Crippen molar-refractivity contribution in [3.8, 4) is 0 Å². The van der Waals surface area contributed by atoms with Gasteiger partial charge in [0.05, 0.1) is 0 Å². The van der Waals surface area contributed by atoms with E-state index in [1.165, 1.54) is 24.4 Å². The second-order valence-electron chi connectivity index (χ2n) is 2.25. The first-order valence-corrected chi connectivity index (χ1v) is 3.50. The zero-order chi connectivity index (χ0) is 8.97. The third kappa shape index (κ3) is 1.75. The minimum atomic E-state index is -0.579. The normalized spacial score (nSPS) is 9.42. The summed E-state index contributed by atoms with van der Waals surface area (Å²) in [4.78, 5) is 14.7. The number of hydrogen-bond acceptors (Lipinski definition) is 2. The minimum Gasteiger partial charge on any atom is -0.292 e. The Morgan fingerprint density at radius 1 is 1.75 bits per heavy atom. The third-order valence-electron chi connectivity index (χ3n) is 1.35. The molecule has 0 N–H and O–H groups in total. The molecule has 0 aliphatic carbocycles. The maximum Gasteiger partial charge on any atom is 0.187 e. The fourth-order valence-electron chi connectivity index (χ4n) is 0.819. The van der Waals surface area contributed by atoms with Crippen LogP contribution in [0.4, 0.5) is 4.39 Å². The summed E-state index contributed by atoms with van der Waals surface area (Å²) in [5, 5.41) is 0. The SMILES string of the molecule is C=CCC(=O)c1ncccc1F. The molecule has 0 unspecified atom stereocenters. The molecule has 3 heteroatoms. The highest BCUT2D eigenvalue weighted by molar-refractivity contribution is 5.95. The van der Waals surface area contributed by atoms with Gasteiger partial charge in [0.1, 0.15) is 5.69 Å². The predicted molar refractivity (Wildman–Crippen MR) is 43.3 cm³/mol. The number of aromatic nitrogens is 1. The number of pyridine rings is 1. The van der Waals surface area contributed by atoms with Crippen molar-refractivity contribution in [1.82, 2.24) is 4.98 Å². The van der Waals surface area contributed by atoms with E-state index in [9.17, 15) is 9.18 Å². The van der Waals surface area contributed by atoms with Gasteiger partial charge in [-0.3, -0.25) is 9.78 Å². The monoisotopic (exact) mass is 165 g/mol. The van der Waals surface area contributed by atoms with Crippen LogP contribution in [-0.4, -0.2) is 10.8 Å². The van der Waals surface area contributed by atoms with Crippen LogP contribution in [0.15, 0.2) is 31.0 Å². The van der Waals surface area contributed by atoms with E-state index in [1.807, 2.05) is 0 Å². The summed E-state index contributed by atoms with van der Waals surface area (Å²) in [6.07, 6.45) is 2.93. The molecule has 1 rings (SSSR count). The number of halogens is 1. The molecule has 0 atom stereocenters. The quantitative estimate of drug-likeness (QED) is 0.506. The van der Waals surface area contributed by atoms with Crippen LogP contribution < -0.4 is 0 Å². The van der Waals surface area contributed by atoms with Gasteiger partial charge in [0.25, 0.3) is 0 Å². The summed E-state index contributed by atoms with van der Waals surface area (Å²) < 4.78 is 12.8. The molecule has 0 aromatic carbocycles. The van der Waals surface area contributed by atoms with Crippen molar-refractivity contribution in [2.75, 3.05) is 0 Å². The van der Waals surface area contributed by atoms with Gasteiger partial charge < -0.3 is 0 Å². The molecule has 1 heterocycles. The van der Waals surface area contributed by atoms with Gasteiger partial charge in [-0.25, -0.2) is 4.39 Å². The van der Waals surface area contributed by atoms with Gasteiger partial charge in [-0.2, -0.15) is 0 Å². The van der Waals surface area contributed by atoms with Gasteiger partial charge in [0.15, 0.2) is 11.6 Å². The molecule has 12 heavy (non-hydrogen) atoms. The maximum atomic E-state index is 12.8. The number of Topliss-reactive ketones (excluding diaryl/α,β-unsaturated/α-hetero) is 1. The second-order valence-corrected chi connectivity index (χ2v) is 2.25. The fraction of sp³-hybridized carbons (Fsp3) is 0.111. The molecule has 0 fully saturated rings. The topological polar surface area (TPSA) is 30.0 Å². The van der Waals surface area contributed by atoms with Crippen LogP contribution in [0.5, 0.6) is 0 Å². The van der Waals surface area contributed by atoms with E-state index in [1.54, 1.807) is 0 Å². The van der Waals surface area contributed by atoms with Crippen LogP contribution in [0.2, 0.25) is 0 Å². The van der Waals surface area contributed by atoms with Crippen LogP contribution in [0.25, 0.3) is 0 Å². The van der Waals surface area contributed by atoms with E-state index >= 15 is 0 Å². The lowest BCUT2D eigenvalue weighted by molar-refractivity contribution is 0.0987. The first-order chi connectivity index (χ1) is 5.75. The number of rotatable bonds is 3. The lowest BCUT2D eigenvalue weighted by atomic mass is 10.2. The highest BCUT2D eigenvalue weighted by Crippen LogP contribution is 2.05. The van der Waals surface area contributed by atoms with E-state index in [0.29, 0.717) is 0 Å². The summed E-state index contributed by atoms with van der Waals surface area (Å²) in [6.45, 7) is 3.38. The minimum absolute atomic E-state index is 0.114. The van der Waals surface area contributed by atoms with Crippen molar-refractivity contribution >= 4 is 5.78 Å². The number of carbonyl (C=O) groups is 1. The fourth-order valence-corrected chi connectivity index (χ4v) is 0.819. The predicted octanol–water partition coefficient (Wildman–Crippen LogP) is 1.98. The Labute approximate surface area is 69.7 Å². The molecule has 0 aliphatic heterocycles. The Morgan fingerprint density at radius 3 is 3.08 bits per heavy atom. The number of allylic oxidation sites excluding steroid dienone is 1.